The van der Waals surface area contributed by atoms with Gasteiger partial charge >= 0.3 is 5.97 Å². The highest BCUT2D eigenvalue weighted by Crippen LogP contribution is 2.19. The highest BCUT2D eigenvalue weighted by Gasteiger charge is 2.13. The third kappa shape index (κ3) is 4.90. The number of aliphatic carboxylic acids is 1. The van der Waals surface area contributed by atoms with E-state index in [0.29, 0.717) is 5.69 Å². The summed E-state index contributed by atoms with van der Waals surface area (Å²) >= 11 is 2.13. The van der Waals surface area contributed by atoms with Crippen LogP contribution in [0.25, 0.3) is 0 Å². The lowest BCUT2D eigenvalue weighted by atomic mass is 10.2. The summed E-state index contributed by atoms with van der Waals surface area (Å²) < 4.78 is 26.5. The van der Waals surface area contributed by atoms with E-state index >= 15 is 0 Å². The maximum absolute atomic E-state index is 11.6. The SMILES string of the molecule is Cc1cc(I)ccc1NS(=O)(=O)CCC(=O)O. The maximum Gasteiger partial charge on any atom is 0.304 e. The lowest BCUT2D eigenvalue weighted by Gasteiger charge is -2.09. The van der Waals surface area contributed by atoms with Crippen LogP contribution in [0.4, 0.5) is 5.69 Å². The van der Waals surface area contributed by atoms with E-state index in [1.165, 1.54) is 0 Å². The van der Waals surface area contributed by atoms with Crippen LogP contribution in [0.5, 0.6) is 0 Å². The number of benzene rings is 1. The quantitative estimate of drug-likeness (QED) is 0.776. The largest absolute Gasteiger partial charge is 0.481 e. The molecule has 1 aromatic carbocycles. The lowest BCUT2D eigenvalue weighted by molar-refractivity contribution is -0.136. The Labute approximate surface area is 113 Å². The van der Waals surface area contributed by atoms with Crippen molar-refractivity contribution in [3.8, 4) is 0 Å². The number of sulfonamides is 1. The molecule has 0 saturated carbocycles. The van der Waals surface area contributed by atoms with Crippen LogP contribution in [0.2, 0.25) is 0 Å². The molecule has 0 amide bonds. The Balaban J connectivity index is 2.79. The molecule has 0 aromatic heterocycles. The second-order valence-electron chi connectivity index (χ2n) is 3.52. The zero-order valence-electron chi connectivity index (χ0n) is 9.10. The molecule has 0 radical (unpaired) electrons. The second-order valence-corrected chi connectivity index (χ2v) is 6.61. The van der Waals surface area contributed by atoms with Gasteiger partial charge < -0.3 is 5.11 Å². The van der Waals surface area contributed by atoms with Crippen LogP contribution >= 0.6 is 22.6 Å². The van der Waals surface area contributed by atoms with Gasteiger partial charge in [0.2, 0.25) is 10.0 Å². The van der Waals surface area contributed by atoms with Crippen molar-refractivity contribution in [1.29, 1.82) is 0 Å². The third-order valence-corrected chi connectivity index (χ3v) is 3.98. The first-order chi connectivity index (χ1) is 7.80. The van der Waals surface area contributed by atoms with Gasteiger partial charge in [-0.2, -0.15) is 0 Å². The van der Waals surface area contributed by atoms with E-state index in [0.717, 1.165) is 9.13 Å². The molecule has 5 nitrogen and oxygen atoms in total. The van der Waals surface area contributed by atoms with Gasteiger partial charge in [0.1, 0.15) is 0 Å². The number of carboxylic acid groups (broad SMARTS) is 1. The molecule has 0 aliphatic rings. The predicted octanol–water partition coefficient (Wildman–Crippen LogP) is 1.82. The van der Waals surface area contributed by atoms with E-state index in [-0.39, 0.29) is 0 Å². The highest BCUT2D eigenvalue weighted by molar-refractivity contribution is 14.1. The van der Waals surface area contributed by atoms with Gasteiger partial charge in [0, 0.05) is 3.57 Å². The van der Waals surface area contributed by atoms with Crippen molar-refractivity contribution >= 4 is 44.3 Å². The number of carboxylic acids is 1. The summed E-state index contributed by atoms with van der Waals surface area (Å²) in [4.78, 5) is 10.3. The second kappa shape index (κ2) is 5.67. The Kier molecular flexibility index (Phi) is 4.75. The first-order valence-electron chi connectivity index (χ1n) is 4.78. The number of anilines is 1. The predicted molar refractivity (Wildman–Crippen MR) is 73.6 cm³/mol. The minimum atomic E-state index is -3.60. The van der Waals surface area contributed by atoms with Crippen LogP contribution in [0.3, 0.4) is 0 Å². The van der Waals surface area contributed by atoms with E-state index in [1.54, 1.807) is 19.1 Å². The lowest BCUT2D eigenvalue weighted by Crippen LogP contribution is -2.19. The Morgan fingerprint density at radius 1 is 1.47 bits per heavy atom. The third-order valence-electron chi connectivity index (χ3n) is 2.04. The molecular weight excluding hydrogens is 357 g/mol. The Morgan fingerprint density at radius 3 is 2.65 bits per heavy atom. The molecular formula is C10H12INO4S. The first kappa shape index (κ1) is 14.2. The summed E-state index contributed by atoms with van der Waals surface area (Å²) in [5, 5.41) is 8.44. The summed E-state index contributed by atoms with van der Waals surface area (Å²) in [5.74, 6) is -1.55. The number of hydrogen-bond donors (Lipinski definition) is 2. The van der Waals surface area contributed by atoms with Crippen molar-refractivity contribution in [3.05, 3.63) is 27.3 Å². The fraction of sp³-hybridized carbons (Fsp3) is 0.300. The molecule has 0 aliphatic carbocycles. The summed E-state index contributed by atoms with van der Waals surface area (Å²) in [6.45, 7) is 1.79. The summed E-state index contributed by atoms with van der Waals surface area (Å²) in [6.07, 6.45) is -0.404. The van der Waals surface area contributed by atoms with Crippen molar-refractivity contribution in [1.82, 2.24) is 0 Å². The zero-order valence-corrected chi connectivity index (χ0v) is 12.1. The zero-order chi connectivity index (χ0) is 13.1. The van der Waals surface area contributed by atoms with Gasteiger partial charge in [-0.3, -0.25) is 9.52 Å². The van der Waals surface area contributed by atoms with Gasteiger partial charge in [-0.1, -0.05) is 0 Å². The minimum Gasteiger partial charge on any atom is -0.481 e. The number of nitrogens with one attached hydrogen (secondary N) is 1. The van der Waals surface area contributed by atoms with Crippen LogP contribution in [0.1, 0.15) is 12.0 Å². The van der Waals surface area contributed by atoms with Crippen molar-refractivity contribution in [2.24, 2.45) is 0 Å². The molecule has 2 N–H and O–H groups in total. The summed E-state index contributed by atoms with van der Waals surface area (Å²) in [5.41, 5.74) is 1.28. The first-order valence-corrected chi connectivity index (χ1v) is 7.52. The summed E-state index contributed by atoms with van der Waals surface area (Å²) in [6, 6.07) is 5.29. The van der Waals surface area contributed by atoms with Crippen LogP contribution in [0.15, 0.2) is 18.2 Å². The van der Waals surface area contributed by atoms with Crippen molar-refractivity contribution in [3.63, 3.8) is 0 Å². The Morgan fingerprint density at radius 2 is 2.12 bits per heavy atom. The molecule has 0 heterocycles. The number of rotatable bonds is 5. The monoisotopic (exact) mass is 369 g/mol. The number of carbonyl (C=O) groups is 1. The van der Waals surface area contributed by atoms with Crippen molar-refractivity contribution in [2.45, 2.75) is 13.3 Å². The van der Waals surface area contributed by atoms with Crippen LogP contribution in [-0.2, 0) is 14.8 Å². The van der Waals surface area contributed by atoms with Gasteiger partial charge in [-0.25, -0.2) is 8.42 Å². The van der Waals surface area contributed by atoms with Gasteiger partial charge in [-0.05, 0) is 53.3 Å². The smallest absolute Gasteiger partial charge is 0.304 e. The van der Waals surface area contributed by atoms with Gasteiger partial charge in [-0.15, -0.1) is 0 Å². The average Bonchev–Trinajstić information content (AvgIpc) is 2.20. The van der Waals surface area contributed by atoms with E-state index in [4.69, 9.17) is 5.11 Å². The van der Waals surface area contributed by atoms with Crippen LogP contribution in [-0.4, -0.2) is 25.2 Å². The number of aryl methyl sites for hydroxylation is 1. The standard InChI is InChI=1S/C10H12INO4S/c1-7-6-8(11)2-3-9(7)12-17(15,16)5-4-10(13)14/h2-3,6,12H,4-5H2,1H3,(H,13,14). The molecule has 0 bridgehead atoms. The molecule has 0 aliphatic heterocycles. The van der Waals surface area contributed by atoms with Crippen molar-refractivity contribution in [2.75, 3.05) is 10.5 Å². The van der Waals surface area contributed by atoms with Gasteiger partial charge in [0.05, 0.1) is 17.9 Å². The molecule has 0 atom stereocenters. The van der Waals surface area contributed by atoms with Crippen LogP contribution in [0, 0.1) is 10.5 Å². The molecule has 0 unspecified atom stereocenters. The van der Waals surface area contributed by atoms with Gasteiger partial charge in [0.15, 0.2) is 0 Å². The maximum atomic E-state index is 11.6. The Bertz CT molecular complexity index is 527. The topological polar surface area (TPSA) is 83.5 Å². The molecule has 1 rings (SSSR count). The molecule has 0 saturated heterocycles. The molecule has 94 valence electrons. The van der Waals surface area contributed by atoms with E-state index in [1.807, 2.05) is 6.07 Å². The van der Waals surface area contributed by atoms with E-state index in [2.05, 4.69) is 27.3 Å². The van der Waals surface area contributed by atoms with E-state index < -0.39 is 28.2 Å². The fourth-order valence-corrected chi connectivity index (χ4v) is 2.94. The number of halogens is 1. The molecule has 7 heteroatoms. The average molecular weight is 369 g/mol. The minimum absolute atomic E-state index is 0.404. The van der Waals surface area contributed by atoms with Gasteiger partial charge in [0.25, 0.3) is 0 Å². The highest BCUT2D eigenvalue weighted by atomic mass is 127. The molecule has 0 fully saturated rings. The van der Waals surface area contributed by atoms with Crippen LogP contribution < -0.4 is 4.72 Å². The molecule has 17 heavy (non-hydrogen) atoms. The van der Waals surface area contributed by atoms with E-state index in [9.17, 15) is 13.2 Å². The molecule has 0 spiro atoms. The normalized spacial score (nSPS) is 11.2. The molecule has 1 aromatic rings. The Hall–Kier alpha value is -0.830. The number of hydrogen-bond acceptors (Lipinski definition) is 3. The summed E-state index contributed by atoms with van der Waals surface area (Å²) in [7, 11) is -3.60. The van der Waals surface area contributed by atoms with Crippen molar-refractivity contribution < 1.29 is 18.3 Å². The fourth-order valence-electron chi connectivity index (χ4n) is 1.18.